The molecule has 1 aromatic carbocycles. The summed E-state index contributed by atoms with van der Waals surface area (Å²) in [6, 6.07) is 6.13. The van der Waals surface area contributed by atoms with Gasteiger partial charge in [-0.1, -0.05) is 12.1 Å². The highest BCUT2D eigenvalue weighted by Gasteiger charge is 2.32. The fourth-order valence-electron chi connectivity index (χ4n) is 2.83. The molecule has 0 aromatic heterocycles. The Morgan fingerprint density at radius 2 is 1.80 bits per heavy atom. The molecular formula is C15H18FNO3. The maximum atomic E-state index is 13.6. The molecule has 0 saturated carbocycles. The molecule has 5 heteroatoms. The zero-order valence-electron chi connectivity index (χ0n) is 11.3. The summed E-state index contributed by atoms with van der Waals surface area (Å²) in [5.41, 5.74) is 0.152. The minimum Gasteiger partial charge on any atom is -0.350 e. The van der Waals surface area contributed by atoms with E-state index in [4.69, 9.17) is 9.47 Å². The molecule has 1 amide bonds. The molecule has 2 fully saturated rings. The normalized spacial score (nSPS) is 21.4. The summed E-state index contributed by atoms with van der Waals surface area (Å²) in [5.74, 6) is -0.348. The van der Waals surface area contributed by atoms with Crippen molar-refractivity contribution in [2.75, 3.05) is 26.3 Å². The van der Waals surface area contributed by atoms with E-state index in [2.05, 4.69) is 0 Å². The number of benzene rings is 1. The molecule has 0 spiro atoms. The van der Waals surface area contributed by atoms with Crippen molar-refractivity contribution in [1.29, 1.82) is 0 Å². The van der Waals surface area contributed by atoms with Gasteiger partial charge in [-0.05, 0) is 25.0 Å². The second kappa shape index (κ2) is 5.89. The Bertz CT molecular complexity index is 480. The van der Waals surface area contributed by atoms with Crippen LogP contribution in [0.5, 0.6) is 0 Å². The SMILES string of the molecule is O=C(c1ccccc1F)N1CCC(C2OCCO2)CC1. The molecule has 1 aromatic rings. The lowest BCUT2D eigenvalue weighted by molar-refractivity contribution is -0.0956. The average Bonchev–Trinajstić information content (AvgIpc) is 3.01. The van der Waals surface area contributed by atoms with Gasteiger partial charge in [0.2, 0.25) is 0 Å². The first-order valence-electron chi connectivity index (χ1n) is 7.03. The monoisotopic (exact) mass is 279 g/mol. The Morgan fingerprint density at radius 3 is 2.45 bits per heavy atom. The molecule has 0 N–H and O–H groups in total. The third-order valence-electron chi connectivity index (χ3n) is 3.96. The van der Waals surface area contributed by atoms with Gasteiger partial charge < -0.3 is 14.4 Å². The lowest BCUT2D eigenvalue weighted by Gasteiger charge is -2.33. The number of hydrogen-bond donors (Lipinski definition) is 0. The molecule has 2 aliphatic rings. The van der Waals surface area contributed by atoms with Crippen molar-refractivity contribution in [1.82, 2.24) is 4.90 Å². The molecule has 0 atom stereocenters. The molecule has 0 aliphatic carbocycles. The van der Waals surface area contributed by atoms with Gasteiger partial charge >= 0.3 is 0 Å². The van der Waals surface area contributed by atoms with Gasteiger partial charge in [0.25, 0.3) is 5.91 Å². The Morgan fingerprint density at radius 1 is 1.15 bits per heavy atom. The summed E-state index contributed by atoms with van der Waals surface area (Å²) in [5, 5.41) is 0. The molecule has 4 nitrogen and oxygen atoms in total. The van der Waals surface area contributed by atoms with E-state index in [1.807, 2.05) is 0 Å². The van der Waals surface area contributed by atoms with Gasteiger partial charge in [-0.3, -0.25) is 4.79 Å². The van der Waals surface area contributed by atoms with E-state index < -0.39 is 5.82 Å². The number of nitrogens with zero attached hydrogens (tertiary/aromatic N) is 1. The van der Waals surface area contributed by atoms with Crippen molar-refractivity contribution in [3.63, 3.8) is 0 Å². The van der Waals surface area contributed by atoms with Gasteiger partial charge in [0.15, 0.2) is 6.29 Å². The largest absolute Gasteiger partial charge is 0.350 e. The van der Waals surface area contributed by atoms with Crippen molar-refractivity contribution in [2.45, 2.75) is 19.1 Å². The number of halogens is 1. The zero-order valence-corrected chi connectivity index (χ0v) is 11.3. The zero-order chi connectivity index (χ0) is 13.9. The van der Waals surface area contributed by atoms with Crippen LogP contribution < -0.4 is 0 Å². The third kappa shape index (κ3) is 2.69. The first-order chi connectivity index (χ1) is 9.75. The van der Waals surface area contributed by atoms with E-state index in [1.54, 1.807) is 17.0 Å². The summed E-state index contributed by atoms with van der Waals surface area (Å²) in [6.07, 6.45) is 1.55. The smallest absolute Gasteiger partial charge is 0.256 e. The van der Waals surface area contributed by atoms with Crippen LogP contribution in [0.2, 0.25) is 0 Å². The van der Waals surface area contributed by atoms with Gasteiger partial charge in [0, 0.05) is 19.0 Å². The predicted molar refractivity (Wildman–Crippen MR) is 70.7 cm³/mol. The number of amides is 1. The molecule has 0 unspecified atom stereocenters. The first-order valence-corrected chi connectivity index (χ1v) is 7.03. The molecule has 108 valence electrons. The number of ether oxygens (including phenoxy) is 2. The standard InChI is InChI=1S/C15H18FNO3/c16-13-4-2-1-3-12(13)14(18)17-7-5-11(6-8-17)15-19-9-10-20-15/h1-4,11,15H,5-10H2. The van der Waals surface area contributed by atoms with E-state index >= 15 is 0 Å². The first kappa shape index (κ1) is 13.5. The highest BCUT2D eigenvalue weighted by atomic mass is 19.1. The maximum absolute atomic E-state index is 13.6. The Hall–Kier alpha value is -1.46. The Kier molecular flexibility index (Phi) is 3.98. The number of carbonyl (C=O) groups is 1. The highest BCUT2D eigenvalue weighted by Crippen LogP contribution is 2.26. The van der Waals surface area contributed by atoms with Crippen LogP contribution >= 0.6 is 0 Å². The number of rotatable bonds is 2. The Labute approximate surface area is 117 Å². The summed E-state index contributed by atoms with van der Waals surface area (Å²) in [6.45, 7) is 2.56. The van der Waals surface area contributed by atoms with Gasteiger partial charge in [-0.25, -0.2) is 4.39 Å². The van der Waals surface area contributed by atoms with Crippen molar-refractivity contribution in [3.8, 4) is 0 Å². The van der Waals surface area contributed by atoms with Crippen molar-refractivity contribution in [3.05, 3.63) is 35.6 Å². The fraction of sp³-hybridized carbons (Fsp3) is 0.533. The summed E-state index contributed by atoms with van der Waals surface area (Å²) in [7, 11) is 0. The van der Waals surface area contributed by atoms with Crippen LogP contribution in [0.25, 0.3) is 0 Å². The predicted octanol–water partition coefficient (Wildman–Crippen LogP) is 2.05. The van der Waals surface area contributed by atoms with Crippen LogP contribution in [0.15, 0.2) is 24.3 Å². The van der Waals surface area contributed by atoms with Crippen molar-refractivity contribution in [2.24, 2.45) is 5.92 Å². The van der Waals surface area contributed by atoms with Gasteiger partial charge in [-0.15, -0.1) is 0 Å². The minimum atomic E-state index is -0.456. The van der Waals surface area contributed by atoms with Gasteiger partial charge in [0.05, 0.1) is 18.8 Å². The van der Waals surface area contributed by atoms with Crippen LogP contribution in [0.3, 0.4) is 0 Å². The van der Waals surface area contributed by atoms with Crippen molar-refractivity contribution < 1.29 is 18.7 Å². The third-order valence-corrected chi connectivity index (χ3v) is 3.96. The molecule has 20 heavy (non-hydrogen) atoms. The molecule has 2 saturated heterocycles. The lowest BCUT2D eigenvalue weighted by Crippen LogP contribution is -2.41. The average molecular weight is 279 g/mol. The van der Waals surface area contributed by atoms with Crippen molar-refractivity contribution >= 4 is 5.91 Å². The van der Waals surface area contributed by atoms with Gasteiger partial charge in [0.1, 0.15) is 5.82 Å². The van der Waals surface area contributed by atoms with Gasteiger partial charge in [-0.2, -0.15) is 0 Å². The van der Waals surface area contributed by atoms with Crippen LogP contribution in [-0.2, 0) is 9.47 Å². The van der Waals surface area contributed by atoms with E-state index in [-0.39, 0.29) is 17.8 Å². The van der Waals surface area contributed by atoms with E-state index in [0.29, 0.717) is 32.2 Å². The van der Waals surface area contributed by atoms with Crippen LogP contribution in [0.1, 0.15) is 23.2 Å². The van der Waals surface area contributed by atoms with Crippen LogP contribution in [0, 0.1) is 11.7 Å². The molecule has 2 heterocycles. The summed E-state index contributed by atoms with van der Waals surface area (Å²) >= 11 is 0. The van der Waals surface area contributed by atoms with E-state index in [9.17, 15) is 9.18 Å². The molecule has 3 rings (SSSR count). The quantitative estimate of drug-likeness (QED) is 0.831. The number of likely N-dealkylation sites (tertiary alicyclic amines) is 1. The summed E-state index contributed by atoms with van der Waals surface area (Å²) in [4.78, 5) is 14.0. The summed E-state index contributed by atoms with van der Waals surface area (Å²) < 4.78 is 24.6. The number of piperidine rings is 1. The van der Waals surface area contributed by atoms with E-state index in [0.717, 1.165) is 12.8 Å². The molecule has 0 bridgehead atoms. The minimum absolute atomic E-state index is 0.124. The number of hydrogen-bond acceptors (Lipinski definition) is 3. The molecule has 0 radical (unpaired) electrons. The Balaban J connectivity index is 1.60. The molecule has 2 aliphatic heterocycles. The van der Waals surface area contributed by atoms with Crippen LogP contribution in [0.4, 0.5) is 4.39 Å². The second-order valence-corrected chi connectivity index (χ2v) is 5.22. The lowest BCUT2D eigenvalue weighted by atomic mass is 9.95. The topological polar surface area (TPSA) is 38.8 Å². The van der Waals surface area contributed by atoms with Crippen LogP contribution in [-0.4, -0.2) is 43.4 Å². The fourth-order valence-corrected chi connectivity index (χ4v) is 2.83. The molecular weight excluding hydrogens is 261 g/mol. The van der Waals surface area contributed by atoms with E-state index in [1.165, 1.54) is 12.1 Å². The second-order valence-electron chi connectivity index (χ2n) is 5.22. The highest BCUT2D eigenvalue weighted by molar-refractivity contribution is 5.94. The number of carbonyl (C=O) groups excluding carboxylic acids is 1. The maximum Gasteiger partial charge on any atom is 0.256 e.